The first kappa shape index (κ1) is 16.1. The Morgan fingerprint density at radius 3 is 2.82 bits per heavy atom. The highest BCUT2D eigenvalue weighted by atomic mass is 79.9. The summed E-state index contributed by atoms with van der Waals surface area (Å²) in [7, 11) is 0. The molecule has 0 saturated carbocycles. The summed E-state index contributed by atoms with van der Waals surface area (Å²) in [5.74, 6) is 0.422. The van der Waals surface area contributed by atoms with E-state index in [9.17, 15) is 4.79 Å². The van der Waals surface area contributed by atoms with Crippen LogP contribution in [0.5, 0.6) is 0 Å². The smallest absolute Gasteiger partial charge is 0.349 e. The molecule has 0 aliphatic rings. The molecule has 2 rings (SSSR count). The van der Waals surface area contributed by atoms with Crippen molar-refractivity contribution in [2.24, 2.45) is 0 Å². The molecule has 1 heterocycles. The molecule has 5 heteroatoms. The van der Waals surface area contributed by atoms with Gasteiger partial charge in [-0.2, -0.15) is 5.26 Å². The number of hydrogen-bond acceptors (Lipinski definition) is 4. The minimum Gasteiger partial charge on any atom is -0.462 e. The van der Waals surface area contributed by atoms with Crippen LogP contribution in [0.3, 0.4) is 0 Å². The number of rotatable bonds is 4. The lowest BCUT2D eigenvalue weighted by Gasteiger charge is -2.02. The van der Waals surface area contributed by atoms with E-state index in [1.165, 1.54) is 6.08 Å². The number of ether oxygens (including phenoxy) is 1. The molecular weight excluding hydrogens is 346 g/mol. The number of carbonyl (C=O) groups excluding carboxylic acids is 1. The number of hydrogen-bond donors (Lipinski definition) is 0. The van der Waals surface area contributed by atoms with Gasteiger partial charge < -0.3 is 9.15 Å². The molecule has 4 nitrogen and oxygen atoms in total. The Bertz CT molecular complexity index is 768. The molecule has 0 amide bonds. The van der Waals surface area contributed by atoms with Gasteiger partial charge >= 0.3 is 5.97 Å². The average Bonchev–Trinajstić information content (AvgIpc) is 2.93. The van der Waals surface area contributed by atoms with Crippen LogP contribution in [0.2, 0.25) is 0 Å². The lowest BCUT2D eigenvalue weighted by atomic mass is 10.1. The van der Waals surface area contributed by atoms with Crippen LogP contribution < -0.4 is 0 Å². The molecule has 1 aromatic carbocycles. The minimum absolute atomic E-state index is 0.0919. The predicted molar refractivity (Wildman–Crippen MR) is 86.8 cm³/mol. The molecule has 0 saturated heterocycles. The fourth-order valence-electron chi connectivity index (χ4n) is 1.88. The van der Waals surface area contributed by atoms with Crippen molar-refractivity contribution in [1.29, 1.82) is 5.26 Å². The minimum atomic E-state index is -0.653. The number of benzene rings is 1. The number of aryl methyl sites for hydroxylation is 1. The molecular formula is C17H14BrNO3. The first-order valence-electron chi connectivity index (χ1n) is 6.70. The first-order valence-corrected chi connectivity index (χ1v) is 7.49. The van der Waals surface area contributed by atoms with E-state index in [1.54, 1.807) is 19.1 Å². The molecule has 0 bridgehead atoms. The van der Waals surface area contributed by atoms with E-state index in [2.05, 4.69) is 15.9 Å². The Labute approximate surface area is 137 Å². The monoisotopic (exact) mass is 359 g/mol. The Hall–Kier alpha value is -2.32. The summed E-state index contributed by atoms with van der Waals surface area (Å²) in [6.07, 6.45) is 1.38. The van der Waals surface area contributed by atoms with E-state index >= 15 is 0 Å². The maximum absolute atomic E-state index is 11.6. The topological polar surface area (TPSA) is 63.2 Å². The molecule has 1 aromatic heterocycles. The normalized spacial score (nSPS) is 11.1. The molecule has 22 heavy (non-hydrogen) atoms. The van der Waals surface area contributed by atoms with Crippen molar-refractivity contribution >= 4 is 28.0 Å². The van der Waals surface area contributed by atoms with E-state index in [0.717, 1.165) is 15.6 Å². The van der Waals surface area contributed by atoms with Gasteiger partial charge in [0, 0.05) is 16.1 Å². The fraction of sp³-hybridized carbons (Fsp3) is 0.176. The first-order chi connectivity index (χ1) is 10.5. The van der Waals surface area contributed by atoms with Gasteiger partial charge in [-0.05, 0) is 43.7 Å². The van der Waals surface area contributed by atoms with E-state index in [0.29, 0.717) is 11.5 Å². The Balaban J connectivity index is 2.32. The maximum atomic E-state index is 11.6. The zero-order valence-corrected chi connectivity index (χ0v) is 13.8. The second-order valence-electron chi connectivity index (χ2n) is 4.58. The van der Waals surface area contributed by atoms with Gasteiger partial charge in [0.25, 0.3) is 0 Å². The highest BCUT2D eigenvalue weighted by molar-refractivity contribution is 9.10. The van der Waals surface area contributed by atoms with Crippen molar-refractivity contribution in [2.75, 3.05) is 6.61 Å². The molecule has 112 valence electrons. The summed E-state index contributed by atoms with van der Waals surface area (Å²) in [5, 5.41) is 9.01. The Morgan fingerprint density at radius 2 is 2.18 bits per heavy atom. The van der Waals surface area contributed by atoms with E-state index in [4.69, 9.17) is 14.4 Å². The van der Waals surface area contributed by atoms with Crippen molar-refractivity contribution in [3.63, 3.8) is 0 Å². The van der Waals surface area contributed by atoms with E-state index < -0.39 is 5.97 Å². The summed E-state index contributed by atoms with van der Waals surface area (Å²) in [6, 6.07) is 11.2. The standard InChI is InChI=1S/C17H14BrNO3/c1-3-21-17(20)12(10-19)9-13-5-7-16(22-13)14-6-4-11(2)8-15(14)18/h4-9H,3H2,1-2H3/b12-9-. The third kappa shape index (κ3) is 3.66. The molecule has 0 atom stereocenters. The second-order valence-corrected chi connectivity index (χ2v) is 5.43. The lowest BCUT2D eigenvalue weighted by Crippen LogP contribution is -2.05. The number of carbonyl (C=O) groups is 1. The van der Waals surface area contributed by atoms with Crippen LogP contribution >= 0.6 is 15.9 Å². The number of nitrogens with zero attached hydrogens (tertiary/aromatic N) is 1. The van der Waals surface area contributed by atoms with Crippen molar-refractivity contribution in [3.8, 4) is 17.4 Å². The highest BCUT2D eigenvalue weighted by Crippen LogP contribution is 2.31. The number of esters is 1. The number of furan rings is 1. The summed E-state index contributed by atoms with van der Waals surface area (Å²) in [5.41, 5.74) is 1.95. The Morgan fingerprint density at radius 1 is 1.41 bits per heavy atom. The lowest BCUT2D eigenvalue weighted by molar-refractivity contribution is -0.137. The second kappa shape index (κ2) is 7.10. The van der Waals surface area contributed by atoms with Gasteiger partial charge in [0.15, 0.2) is 0 Å². The van der Waals surface area contributed by atoms with Gasteiger partial charge in [0.05, 0.1) is 6.61 Å². The SMILES string of the molecule is CCOC(=O)/C(C#N)=C\c1ccc(-c2ccc(C)cc2Br)o1. The van der Waals surface area contributed by atoms with Gasteiger partial charge in [0.2, 0.25) is 0 Å². The van der Waals surface area contributed by atoms with Crippen LogP contribution in [-0.2, 0) is 9.53 Å². The molecule has 0 aliphatic carbocycles. The molecule has 0 spiro atoms. The predicted octanol–water partition coefficient (Wildman–Crippen LogP) is 4.49. The van der Waals surface area contributed by atoms with E-state index in [-0.39, 0.29) is 12.2 Å². The van der Waals surface area contributed by atoms with Gasteiger partial charge in [-0.25, -0.2) is 4.79 Å². The Kier molecular flexibility index (Phi) is 5.18. The number of nitriles is 1. The average molecular weight is 360 g/mol. The summed E-state index contributed by atoms with van der Waals surface area (Å²) in [4.78, 5) is 11.6. The van der Waals surface area contributed by atoms with Crippen molar-refractivity contribution in [1.82, 2.24) is 0 Å². The molecule has 0 unspecified atom stereocenters. The summed E-state index contributed by atoms with van der Waals surface area (Å²) in [6.45, 7) is 3.91. The molecule has 0 N–H and O–H groups in total. The van der Waals surface area contributed by atoms with Crippen molar-refractivity contribution < 1.29 is 13.9 Å². The summed E-state index contributed by atoms with van der Waals surface area (Å²) >= 11 is 3.50. The van der Waals surface area contributed by atoms with Crippen LogP contribution in [0, 0.1) is 18.3 Å². The van der Waals surface area contributed by atoms with Gasteiger partial charge in [-0.3, -0.25) is 0 Å². The quantitative estimate of drug-likeness (QED) is 0.458. The maximum Gasteiger partial charge on any atom is 0.349 e. The fourth-order valence-corrected chi connectivity index (χ4v) is 2.57. The van der Waals surface area contributed by atoms with Crippen LogP contribution in [-0.4, -0.2) is 12.6 Å². The van der Waals surface area contributed by atoms with Crippen LogP contribution in [0.25, 0.3) is 17.4 Å². The van der Waals surface area contributed by atoms with Crippen LogP contribution in [0.1, 0.15) is 18.2 Å². The number of halogens is 1. The largest absolute Gasteiger partial charge is 0.462 e. The van der Waals surface area contributed by atoms with Crippen LogP contribution in [0.4, 0.5) is 0 Å². The zero-order valence-electron chi connectivity index (χ0n) is 12.2. The zero-order chi connectivity index (χ0) is 16.1. The summed E-state index contributed by atoms with van der Waals surface area (Å²) < 4.78 is 11.4. The third-order valence-electron chi connectivity index (χ3n) is 2.92. The van der Waals surface area contributed by atoms with Gasteiger partial charge in [0.1, 0.15) is 23.2 Å². The van der Waals surface area contributed by atoms with E-state index in [1.807, 2.05) is 31.2 Å². The van der Waals surface area contributed by atoms with Gasteiger partial charge in [-0.15, -0.1) is 0 Å². The third-order valence-corrected chi connectivity index (χ3v) is 3.58. The molecule has 0 radical (unpaired) electrons. The molecule has 0 aliphatic heterocycles. The van der Waals surface area contributed by atoms with Crippen molar-refractivity contribution in [2.45, 2.75) is 13.8 Å². The molecule has 2 aromatic rings. The van der Waals surface area contributed by atoms with Crippen molar-refractivity contribution in [3.05, 3.63) is 51.7 Å². The highest BCUT2D eigenvalue weighted by Gasteiger charge is 2.12. The molecule has 0 fully saturated rings. The van der Waals surface area contributed by atoms with Crippen LogP contribution in [0.15, 0.2) is 44.8 Å². The van der Waals surface area contributed by atoms with Gasteiger partial charge in [-0.1, -0.05) is 22.0 Å².